The average molecular weight is 626 g/mol. The van der Waals surface area contributed by atoms with Crippen LogP contribution in [0, 0.1) is 0 Å². The van der Waals surface area contributed by atoms with Crippen LogP contribution in [0.3, 0.4) is 0 Å². The van der Waals surface area contributed by atoms with Crippen LogP contribution in [-0.2, 0) is 17.3 Å². The minimum atomic E-state index is -4.80. The van der Waals surface area contributed by atoms with Crippen molar-refractivity contribution in [3.63, 3.8) is 0 Å². The Kier molecular flexibility index (Phi) is 8.90. The number of nitrogens with one attached hydrogen (secondary N) is 2. The summed E-state index contributed by atoms with van der Waals surface area (Å²) in [5, 5.41) is 5.99. The zero-order chi connectivity index (χ0) is 31.6. The van der Waals surface area contributed by atoms with E-state index in [4.69, 9.17) is 14.2 Å². The van der Waals surface area contributed by atoms with Crippen molar-refractivity contribution in [2.45, 2.75) is 56.8 Å². The molecule has 0 bridgehead atoms. The van der Waals surface area contributed by atoms with E-state index in [0.717, 1.165) is 52.0 Å². The summed E-state index contributed by atoms with van der Waals surface area (Å²) in [6, 6.07) is 10.1. The standard InChI is InChI=1S/C32H34F3N5O5/c1-43-27-17-20(29(42)37-21-7-9-22(10-8-21)40-13-15-44-16-14-40)5-11-24(27)38-31-36-18-23(32(33,34)35)30(39-31)45-26-4-2-3-19-6-12-25(41)28(19)26/h2-5,11,17-18,21-22H,6-10,12-16H2,1H3,(H,37,42)(H,36,38,39)/t21-,22-. The van der Waals surface area contributed by atoms with E-state index < -0.39 is 17.6 Å². The fraction of sp³-hybridized carbons (Fsp3) is 0.438. The van der Waals surface area contributed by atoms with Gasteiger partial charge in [-0.15, -0.1) is 0 Å². The number of alkyl halides is 3. The molecule has 0 spiro atoms. The van der Waals surface area contributed by atoms with Gasteiger partial charge < -0.3 is 24.8 Å². The summed E-state index contributed by atoms with van der Waals surface area (Å²) in [7, 11) is 1.42. The predicted molar refractivity (Wildman–Crippen MR) is 158 cm³/mol. The van der Waals surface area contributed by atoms with Crippen LogP contribution in [0.15, 0.2) is 42.6 Å². The second-order valence-corrected chi connectivity index (χ2v) is 11.4. The molecule has 1 aliphatic heterocycles. The smallest absolute Gasteiger partial charge is 0.423 e. The zero-order valence-corrected chi connectivity index (χ0v) is 24.8. The number of morpholine rings is 1. The van der Waals surface area contributed by atoms with E-state index in [1.54, 1.807) is 30.3 Å². The van der Waals surface area contributed by atoms with E-state index in [9.17, 15) is 22.8 Å². The number of ketones is 1. The van der Waals surface area contributed by atoms with Crippen LogP contribution in [0.4, 0.5) is 24.8 Å². The molecule has 1 saturated heterocycles. The lowest BCUT2D eigenvalue weighted by atomic mass is 9.89. The van der Waals surface area contributed by atoms with Crippen LogP contribution in [-0.4, -0.2) is 72.1 Å². The van der Waals surface area contributed by atoms with E-state index >= 15 is 0 Å². The number of hydrogen-bond donors (Lipinski definition) is 2. The van der Waals surface area contributed by atoms with Gasteiger partial charge in [0.05, 0.1) is 31.6 Å². The number of anilines is 2. The van der Waals surface area contributed by atoms with Gasteiger partial charge in [0, 0.05) is 43.4 Å². The Morgan fingerprint density at radius 2 is 1.82 bits per heavy atom. The Balaban J connectivity index is 1.15. The van der Waals surface area contributed by atoms with Crippen LogP contribution < -0.4 is 20.1 Å². The maximum absolute atomic E-state index is 13.9. The molecular formula is C32H34F3N5O5. The van der Waals surface area contributed by atoms with E-state index in [1.807, 2.05) is 0 Å². The van der Waals surface area contributed by atoms with Gasteiger partial charge in [0.25, 0.3) is 5.91 Å². The lowest BCUT2D eigenvalue weighted by Crippen LogP contribution is -2.47. The molecule has 2 heterocycles. The van der Waals surface area contributed by atoms with Crippen molar-refractivity contribution < 1.29 is 37.0 Å². The summed E-state index contributed by atoms with van der Waals surface area (Å²) in [5.74, 6) is -1.09. The number of benzene rings is 2. The first kappa shape index (κ1) is 30.8. The Morgan fingerprint density at radius 3 is 2.56 bits per heavy atom. The number of nitrogens with zero attached hydrogens (tertiary/aromatic N) is 3. The number of carbonyl (C=O) groups is 2. The fourth-order valence-corrected chi connectivity index (χ4v) is 6.22. The van der Waals surface area contributed by atoms with E-state index in [2.05, 4.69) is 25.5 Å². The number of aromatic nitrogens is 2. The number of ether oxygens (including phenoxy) is 3. The molecule has 13 heteroatoms. The predicted octanol–water partition coefficient (Wildman–Crippen LogP) is 5.54. The topological polar surface area (TPSA) is 115 Å². The SMILES string of the molecule is COc1cc(C(=O)N[C@H]2CC[C@H](N3CCOCC3)CC2)ccc1Nc1ncc(C(F)(F)F)c(Oc2cccc3c2C(=O)CC3)n1. The first-order valence-electron chi connectivity index (χ1n) is 15.0. The fourth-order valence-electron chi connectivity index (χ4n) is 6.22. The third kappa shape index (κ3) is 6.89. The molecule has 3 aromatic rings. The van der Waals surface area contributed by atoms with Crippen molar-refractivity contribution in [2.75, 3.05) is 38.7 Å². The molecule has 0 atom stereocenters. The van der Waals surface area contributed by atoms with Crippen molar-refractivity contribution in [3.8, 4) is 17.4 Å². The van der Waals surface area contributed by atoms with Gasteiger partial charge >= 0.3 is 6.18 Å². The highest BCUT2D eigenvalue weighted by molar-refractivity contribution is 6.03. The maximum atomic E-state index is 13.9. The van der Waals surface area contributed by atoms with Gasteiger partial charge in [0.2, 0.25) is 11.8 Å². The Labute approximate surface area is 258 Å². The number of amides is 1. The molecule has 1 aromatic heterocycles. The van der Waals surface area contributed by atoms with Crippen molar-refractivity contribution in [1.29, 1.82) is 0 Å². The van der Waals surface area contributed by atoms with Crippen molar-refractivity contribution in [3.05, 3.63) is 64.8 Å². The molecule has 6 rings (SSSR count). The second-order valence-electron chi connectivity index (χ2n) is 11.4. The Morgan fingerprint density at radius 1 is 1.04 bits per heavy atom. The van der Waals surface area contributed by atoms with Gasteiger partial charge in [-0.25, -0.2) is 4.98 Å². The van der Waals surface area contributed by atoms with Crippen LogP contribution in [0.1, 0.15) is 63.9 Å². The molecule has 2 aliphatic carbocycles. The van der Waals surface area contributed by atoms with E-state index in [0.29, 0.717) is 35.5 Å². The summed E-state index contributed by atoms with van der Waals surface area (Å²) in [4.78, 5) is 35.8. The largest absolute Gasteiger partial charge is 0.495 e. The highest BCUT2D eigenvalue weighted by atomic mass is 19.4. The molecular weight excluding hydrogens is 591 g/mol. The highest BCUT2D eigenvalue weighted by Gasteiger charge is 2.37. The number of carbonyl (C=O) groups excluding carboxylic acids is 2. The second kappa shape index (κ2) is 13.0. The number of methoxy groups -OCH3 is 1. The summed E-state index contributed by atoms with van der Waals surface area (Å²) in [6.07, 6.45) is 0.389. The normalized spacial score (nSPS) is 20.4. The highest BCUT2D eigenvalue weighted by Crippen LogP contribution is 2.40. The summed E-state index contributed by atoms with van der Waals surface area (Å²) in [5.41, 5.74) is 0.510. The van der Waals surface area contributed by atoms with Gasteiger partial charge in [-0.1, -0.05) is 12.1 Å². The van der Waals surface area contributed by atoms with Crippen molar-refractivity contribution in [2.24, 2.45) is 0 Å². The van der Waals surface area contributed by atoms with E-state index in [1.165, 1.54) is 13.2 Å². The minimum Gasteiger partial charge on any atom is -0.495 e. The first-order valence-corrected chi connectivity index (χ1v) is 15.0. The van der Waals surface area contributed by atoms with Crippen LogP contribution in [0.2, 0.25) is 0 Å². The molecule has 2 fully saturated rings. The number of hydrogen-bond acceptors (Lipinski definition) is 9. The molecule has 1 amide bonds. The van der Waals surface area contributed by atoms with Crippen molar-refractivity contribution in [1.82, 2.24) is 20.2 Å². The van der Waals surface area contributed by atoms with Gasteiger partial charge in [0.1, 0.15) is 17.1 Å². The zero-order valence-electron chi connectivity index (χ0n) is 24.8. The molecule has 238 valence electrons. The monoisotopic (exact) mass is 625 g/mol. The quantitative estimate of drug-likeness (QED) is 0.333. The molecule has 45 heavy (non-hydrogen) atoms. The molecule has 2 N–H and O–H groups in total. The summed E-state index contributed by atoms with van der Waals surface area (Å²) < 4.78 is 58.1. The number of fused-ring (bicyclic) bond motifs is 1. The maximum Gasteiger partial charge on any atom is 0.423 e. The van der Waals surface area contributed by atoms with Gasteiger partial charge in [-0.2, -0.15) is 18.2 Å². The molecule has 10 nitrogen and oxygen atoms in total. The summed E-state index contributed by atoms with van der Waals surface area (Å²) in [6.45, 7) is 3.43. The molecule has 0 unspecified atom stereocenters. The third-order valence-electron chi connectivity index (χ3n) is 8.58. The molecule has 0 radical (unpaired) electrons. The lowest BCUT2D eigenvalue weighted by Gasteiger charge is -2.38. The number of rotatable bonds is 8. The van der Waals surface area contributed by atoms with Crippen LogP contribution in [0.5, 0.6) is 17.4 Å². The molecule has 2 aromatic carbocycles. The Bertz CT molecular complexity index is 1570. The molecule has 1 saturated carbocycles. The van der Waals surface area contributed by atoms with Gasteiger partial charge in [-0.3, -0.25) is 14.5 Å². The third-order valence-corrected chi connectivity index (χ3v) is 8.58. The average Bonchev–Trinajstić information content (AvgIpc) is 3.43. The van der Waals surface area contributed by atoms with Crippen LogP contribution in [0.25, 0.3) is 0 Å². The number of halogens is 3. The number of Topliss-reactive ketones (excluding diaryl/α,β-unsaturated/α-hetero) is 1. The first-order chi connectivity index (χ1) is 21.7. The van der Waals surface area contributed by atoms with Crippen LogP contribution >= 0.6 is 0 Å². The van der Waals surface area contributed by atoms with E-state index in [-0.39, 0.29) is 47.2 Å². The lowest BCUT2D eigenvalue weighted by molar-refractivity contribution is -0.139. The van der Waals surface area contributed by atoms with Gasteiger partial charge in [-0.05, 0) is 61.9 Å². The van der Waals surface area contributed by atoms with Gasteiger partial charge in [0.15, 0.2) is 5.78 Å². The minimum absolute atomic E-state index is 0.00711. The Hall–Kier alpha value is -4.23. The number of aryl methyl sites for hydroxylation is 1. The summed E-state index contributed by atoms with van der Waals surface area (Å²) >= 11 is 0. The molecule has 3 aliphatic rings. The van der Waals surface area contributed by atoms with Crippen molar-refractivity contribution >= 4 is 23.3 Å².